The highest BCUT2D eigenvalue weighted by Gasteiger charge is 2.05. The van der Waals surface area contributed by atoms with Gasteiger partial charge in [0.2, 0.25) is 0 Å². The standard InChI is InChI=1S/C9H11N5O/c1-2-3-8(15)6-7-4-5-9-10-12-13-14(9)11-7/h4-5H,2-3,6H2,1H3. The van der Waals surface area contributed by atoms with E-state index in [2.05, 4.69) is 20.6 Å². The third-order valence-corrected chi connectivity index (χ3v) is 2.03. The van der Waals surface area contributed by atoms with Gasteiger partial charge in [0.15, 0.2) is 5.65 Å². The smallest absolute Gasteiger partial charge is 0.199 e. The SMILES string of the molecule is CCCC(=O)Cc1ccc2nnnn2n1. The fourth-order valence-corrected chi connectivity index (χ4v) is 1.35. The third kappa shape index (κ3) is 2.15. The maximum absolute atomic E-state index is 11.4. The van der Waals surface area contributed by atoms with E-state index in [0.29, 0.717) is 24.2 Å². The molecule has 0 aromatic carbocycles. The molecule has 78 valence electrons. The predicted octanol–water partition coefficient (Wildman–Crippen LogP) is 0.431. The first kappa shape index (κ1) is 9.70. The summed E-state index contributed by atoms with van der Waals surface area (Å²) in [6, 6.07) is 3.53. The van der Waals surface area contributed by atoms with Gasteiger partial charge in [-0.1, -0.05) is 6.92 Å². The van der Waals surface area contributed by atoms with Crippen LogP contribution in [0.15, 0.2) is 12.1 Å². The highest BCUT2D eigenvalue weighted by Crippen LogP contribution is 2.01. The number of Topliss-reactive ketones (excluding diaryl/α,β-unsaturated/α-hetero) is 1. The zero-order chi connectivity index (χ0) is 10.7. The monoisotopic (exact) mass is 205 g/mol. The van der Waals surface area contributed by atoms with Gasteiger partial charge >= 0.3 is 0 Å². The maximum atomic E-state index is 11.4. The molecular weight excluding hydrogens is 194 g/mol. The van der Waals surface area contributed by atoms with Crippen LogP contribution in [0.1, 0.15) is 25.5 Å². The molecule has 0 radical (unpaired) electrons. The van der Waals surface area contributed by atoms with E-state index in [4.69, 9.17) is 0 Å². The minimum atomic E-state index is 0.192. The lowest BCUT2D eigenvalue weighted by atomic mass is 10.1. The Labute approximate surface area is 86.3 Å². The zero-order valence-corrected chi connectivity index (χ0v) is 8.42. The summed E-state index contributed by atoms with van der Waals surface area (Å²) >= 11 is 0. The lowest BCUT2D eigenvalue weighted by Crippen LogP contribution is -2.06. The minimum Gasteiger partial charge on any atom is -0.299 e. The highest BCUT2D eigenvalue weighted by atomic mass is 16.1. The number of ketones is 1. The number of aromatic nitrogens is 5. The van der Waals surface area contributed by atoms with Crippen molar-refractivity contribution in [2.75, 3.05) is 0 Å². The van der Waals surface area contributed by atoms with Crippen molar-refractivity contribution >= 4 is 11.4 Å². The molecule has 0 aliphatic rings. The second-order valence-electron chi connectivity index (χ2n) is 3.32. The molecule has 0 saturated carbocycles. The van der Waals surface area contributed by atoms with Crippen LogP contribution in [-0.4, -0.2) is 31.0 Å². The molecule has 6 nitrogen and oxygen atoms in total. The van der Waals surface area contributed by atoms with Gasteiger partial charge in [-0.2, -0.15) is 5.10 Å². The molecule has 0 saturated heterocycles. The number of hydrogen-bond acceptors (Lipinski definition) is 5. The summed E-state index contributed by atoms with van der Waals surface area (Å²) in [7, 11) is 0. The van der Waals surface area contributed by atoms with Gasteiger partial charge in [-0.15, -0.1) is 9.73 Å². The van der Waals surface area contributed by atoms with Crippen LogP contribution in [0.25, 0.3) is 5.65 Å². The van der Waals surface area contributed by atoms with E-state index in [1.165, 1.54) is 4.63 Å². The van der Waals surface area contributed by atoms with Gasteiger partial charge < -0.3 is 0 Å². The maximum Gasteiger partial charge on any atom is 0.199 e. The topological polar surface area (TPSA) is 73.0 Å². The van der Waals surface area contributed by atoms with Crippen molar-refractivity contribution in [3.05, 3.63) is 17.8 Å². The summed E-state index contributed by atoms with van der Waals surface area (Å²) in [6.07, 6.45) is 1.81. The molecule has 2 rings (SSSR count). The van der Waals surface area contributed by atoms with Gasteiger partial charge in [0.25, 0.3) is 0 Å². The first-order valence-electron chi connectivity index (χ1n) is 4.85. The van der Waals surface area contributed by atoms with Crippen LogP contribution in [0.4, 0.5) is 0 Å². The summed E-state index contributed by atoms with van der Waals surface area (Å²) in [6.45, 7) is 1.98. The Kier molecular flexibility index (Phi) is 2.66. The van der Waals surface area contributed by atoms with Crippen LogP contribution in [0.3, 0.4) is 0 Å². The van der Waals surface area contributed by atoms with Crippen molar-refractivity contribution in [2.24, 2.45) is 0 Å². The van der Waals surface area contributed by atoms with Crippen LogP contribution >= 0.6 is 0 Å². The molecule has 0 fully saturated rings. The fraction of sp³-hybridized carbons (Fsp3) is 0.444. The van der Waals surface area contributed by atoms with E-state index in [0.717, 1.165) is 6.42 Å². The fourth-order valence-electron chi connectivity index (χ4n) is 1.35. The van der Waals surface area contributed by atoms with E-state index >= 15 is 0 Å². The summed E-state index contributed by atoms with van der Waals surface area (Å²) in [5.74, 6) is 0.192. The molecule has 0 aliphatic carbocycles. The number of carbonyl (C=O) groups excluding carboxylic acids is 1. The number of carbonyl (C=O) groups is 1. The van der Waals surface area contributed by atoms with Gasteiger partial charge in [0, 0.05) is 6.42 Å². The Morgan fingerprint density at radius 1 is 1.47 bits per heavy atom. The van der Waals surface area contributed by atoms with E-state index in [1.54, 1.807) is 12.1 Å². The van der Waals surface area contributed by atoms with Crippen molar-refractivity contribution in [3.63, 3.8) is 0 Å². The molecule has 2 aromatic rings. The summed E-state index contributed by atoms with van der Waals surface area (Å²) in [5.41, 5.74) is 1.29. The normalized spacial score (nSPS) is 10.7. The Morgan fingerprint density at radius 3 is 3.13 bits per heavy atom. The summed E-state index contributed by atoms with van der Waals surface area (Å²) in [5, 5.41) is 15.0. The first-order chi connectivity index (χ1) is 7.29. The quantitative estimate of drug-likeness (QED) is 0.723. The number of fused-ring (bicyclic) bond motifs is 1. The first-order valence-corrected chi connectivity index (χ1v) is 4.85. The molecule has 0 bridgehead atoms. The lowest BCUT2D eigenvalue weighted by molar-refractivity contribution is -0.118. The van der Waals surface area contributed by atoms with Crippen molar-refractivity contribution in [1.29, 1.82) is 0 Å². The van der Waals surface area contributed by atoms with Crippen LogP contribution in [0.2, 0.25) is 0 Å². The molecule has 15 heavy (non-hydrogen) atoms. The molecule has 0 aliphatic heterocycles. The molecular formula is C9H11N5O. The number of rotatable bonds is 4. The van der Waals surface area contributed by atoms with Crippen LogP contribution in [0, 0.1) is 0 Å². The van der Waals surface area contributed by atoms with Gasteiger partial charge in [0.1, 0.15) is 5.78 Å². The van der Waals surface area contributed by atoms with Crippen molar-refractivity contribution in [2.45, 2.75) is 26.2 Å². The highest BCUT2D eigenvalue weighted by molar-refractivity contribution is 5.80. The Bertz CT molecular complexity index is 478. The van der Waals surface area contributed by atoms with Crippen LogP contribution in [0.5, 0.6) is 0 Å². The summed E-state index contributed by atoms with van der Waals surface area (Å²) in [4.78, 5) is 11.4. The van der Waals surface area contributed by atoms with E-state index in [1.807, 2.05) is 6.92 Å². The number of nitrogens with zero attached hydrogens (tertiary/aromatic N) is 5. The van der Waals surface area contributed by atoms with Gasteiger partial charge in [-0.05, 0) is 29.0 Å². The van der Waals surface area contributed by atoms with Gasteiger partial charge in [-0.3, -0.25) is 4.79 Å². The van der Waals surface area contributed by atoms with Gasteiger partial charge in [-0.25, -0.2) is 0 Å². The Hall–Kier alpha value is -1.85. The van der Waals surface area contributed by atoms with E-state index < -0.39 is 0 Å². The van der Waals surface area contributed by atoms with Crippen LogP contribution in [-0.2, 0) is 11.2 Å². The van der Waals surface area contributed by atoms with Crippen molar-refractivity contribution < 1.29 is 4.79 Å². The minimum absolute atomic E-state index is 0.192. The molecule has 0 amide bonds. The molecule has 2 heterocycles. The molecule has 0 spiro atoms. The molecule has 0 N–H and O–H groups in total. The lowest BCUT2D eigenvalue weighted by Gasteiger charge is -1.98. The average molecular weight is 205 g/mol. The zero-order valence-electron chi connectivity index (χ0n) is 8.42. The van der Waals surface area contributed by atoms with Crippen molar-refractivity contribution in [1.82, 2.24) is 25.3 Å². The van der Waals surface area contributed by atoms with Crippen molar-refractivity contribution in [3.8, 4) is 0 Å². The molecule has 2 aromatic heterocycles. The molecule has 6 heteroatoms. The largest absolute Gasteiger partial charge is 0.299 e. The van der Waals surface area contributed by atoms with E-state index in [9.17, 15) is 4.79 Å². The summed E-state index contributed by atoms with van der Waals surface area (Å²) < 4.78 is 1.33. The Balaban J connectivity index is 2.17. The predicted molar refractivity (Wildman–Crippen MR) is 52.2 cm³/mol. The molecule has 0 atom stereocenters. The number of tetrazole rings is 1. The number of hydrogen-bond donors (Lipinski definition) is 0. The average Bonchev–Trinajstić information content (AvgIpc) is 2.65. The second kappa shape index (κ2) is 4.12. The third-order valence-electron chi connectivity index (χ3n) is 2.03. The second-order valence-corrected chi connectivity index (χ2v) is 3.32. The van der Waals surface area contributed by atoms with Gasteiger partial charge in [0.05, 0.1) is 12.1 Å². The molecule has 0 unspecified atom stereocenters. The van der Waals surface area contributed by atoms with E-state index in [-0.39, 0.29) is 5.78 Å². The van der Waals surface area contributed by atoms with Crippen LogP contribution < -0.4 is 0 Å². The Morgan fingerprint density at radius 2 is 2.33 bits per heavy atom.